The van der Waals surface area contributed by atoms with Crippen molar-refractivity contribution in [2.75, 3.05) is 7.05 Å². The maximum atomic E-state index is 12.4. The predicted molar refractivity (Wildman–Crippen MR) is 133 cm³/mol. The van der Waals surface area contributed by atoms with Gasteiger partial charge in [0.15, 0.2) is 0 Å². The van der Waals surface area contributed by atoms with Gasteiger partial charge in [0.25, 0.3) is 11.8 Å². The number of hydrogen-bond acceptors (Lipinski definition) is 4. The van der Waals surface area contributed by atoms with Crippen LogP contribution in [0.1, 0.15) is 21.5 Å². The van der Waals surface area contributed by atoms with Gasteiger partial charge in [-0.15, -0.1) is 0 Å². The van der Waals surface area contributed by atoms with Crippen LogP contribution in [-0.4, -0.2) is 35.7 Å². The molecule has 34 heavy (non-hydrogen) atoms. The van der Waals surface area contributed by atoms with Crippen LogP contribution in [0.5, 0.6) is 0 Å². The molecular weight excluding hydrogens is 426 g/mol. The summed E-state index contributed by atoms with van der Waals surface area (Å²) in [5.41, 5.74) is 3.41. The molecule has 6 heteroatoms. The van der Waals surface area contributed by atoms with Crippen molar-refractivity contribution in [2.45, 2.75) is 19.4 Å². The summed E-state index contributed by atoms with van der Waals surface area (Å²) in [7, 11) is 1.39. The van der Waals surface area contributed by atoms with Crippen LogP contribution < -0.4 is 10.6 Å². The number of fused-ring (bicyclic) bond motifs is 1. The highest BCUT2D eigenvalue weighted by atomic mass is 16.2. The van der Waals surface area contributed by atoms with Gasteiger partial charge in [-0.05, 0) is 36.8 Å². The van der Waals surface area contributed by atoms with Crippen molar-refractivity contribution < 1.29 is 14.4 Å². The van der Waals surface area contributed by atoms with Crippen molar-refractivity contribution in [3.63, 3.8) is 0 Å². The first-order valence-electron chi connectivity index (χ1n) is 10.9. The number of rotatable bonds is 6. The number of amides is 2. The largest absolute Gasteiger partial charge is 0.353 e. The number of ketones is 1. The summed E-state index contributed by atoms with van der Waals surface area (Å²) in [5.74, 6) is -1.77. The van der Waals surface area contributed by atoms with E-state index in [4.69, 9.17) is 0 Å². The maximum Gasteiger partial charge on any atom is 0.289 e. The van der Waals surface area contributed by atoms with Gasteiger partial charge in [0.05, 0.1) is 5.52 Å². The molecule has 6 nitrogen and oxygen atoms in total. The quantitative estimate of drug-likeness (QED) is 0.434. The van der Waals surface area contributed by atoms with E-state index in [1.807, 2.05) is 79.9 Å². The highest BCUT2D eigenvalue weighted by Gasteiger charge is 2.26. The number of likely N-dealkylation sites (N-methyl/N-ethyl adjacent to an activating group) is 1. The SMILES string of the molecule is CNC(=O)C(=O)[C@H](Cc1ccccc1)NC(=O)c1ccc(C)cc1.c1ccc2ncccc2c1. The third-order valence-electron chi connectivity index (χ3n) is 5.18. The average Bonchev–Trinajstić information content (AvgIpc) is 2.88. The van der Waals surface area contributed by atoms with Crippen LogP contribution in [0, 0.1) is 6.92 Å². The normalized spacial score (nSPS) is 11.0. The van der Waals surface area contributed by atoms with E-state index in [2.05, 4.69) is 27.8 Å². The average molecular weight is 454 g/mol. The molecule has 2 N–H and O–H groups in total. The van der Waals surface area contributed by atoms with E-state index in [0.29, 0.717) is 5.56 Å². The summed E-state index contributed by atoms with van der Waals surface area (Å²) in [4.78, 5) is 40.5. The topological polar surface area (TPSA) is 88.2 Å². The highest BCUT2D eigenvalue weighted by molar-refractivity contribution is 6.38. The van der Waals surface area contributed by atoms with Crippen molar-refractivity contribution in [3.05, 3.63) is 114 Å². The van der Waals surface area contributed by atoms with Gasteiger partial charge in [-0.2, -0.15) is 0 Å². The molecule has 0 spiro atoms. The van der Waals surface area contributed by atoms with Gasteiger partial charge in [-0.3, -0.25) is 19.4 Å². The minimum Gasteiger partial charge on any atom is -0.353 e. The van der Waals surface area contributed by atoms with Gasteiger partial charge in [-0.1, -0.05) is 72.3 Å². The van der Waals surface area contributed by atoms with E-state index in [1.165, 1.54) is 12.4 Å². The zero-order valence-corrected chi connectivity index (χ0v) is 19.2. The van der Waals surface area contributed by atoms with E-state index in [1.54, 1.807) is 12.1 Å². The van der Waals surface area contributed by atoms with Gasteiger partial charge in [0, 0.05) is 30.6 Å². The van der Waals surface area contributed by atoms with Gasteiger partial charge in [0.2, 0.25) is 5.78 Å². The third-order valence-corrected chi connectivity index (χ3v) is 5.18. The fraction of sp³-hybridized carbons (Fsp3) is 0.143. The van der Waals surface area contributed by atoms with Crippen LogP contribution in [0.4, 0.5) is 0 Å². The van der Waals surface area contributed by atoms with Crippen LogP contribution >= 0.6 is 0 Å². The number of nitrogens with one attached hydrogen (secondary N) is 2. The molecule has 3 aromatic carbocycles. The number of hydrogen-bond donors (Lipinski definition) is 2. The standard InChI is InChI=1S/C19H20N2O3.C9H7N/c1-13-8-10-15(11-9-13)18(23)21-16(17(22)19(24)20-2)12-14-6-4-3-5-7-14;1-2-6-9-8(4-1)5-3-7-10-9/h3-11,16H,12H2,1-2H3,(H,20,24)(H,21,23);1-7H/t16-;/m0./s1. The van der Waals surface area contributed by atoms with Crippen molar-refractivity contribution in [2.24, 2.45) is 0 Å². The Morgan fingerprint density at radius 3 is 2.15 bits per heavy atom. The lowest BCUT2D eigenvalue weighted by Crippen LogP contribution is -2.48. The first-order valence-corrected chi connectivity index (χ1v) is 10.9. The second-order valence-corrected chi connectivity index (χ2v) is 7.72. The predicted octanol–water partition coefficient (Wildman–Crippen LogP) is 3.89. The number of carbonyl (C=O) groups excluding carboxylic acids is 3. The Balaban J connectivity index is 0.000000266. The van der Waals surface area contributed by atoms with Crippen molar-refractivity contribution in [1.82, 2.24) is 15.6 Å². The molecule has 4 rings (SSSR count). The molecule has 0 saturated carbocycles. The monoisotopic (exact) mass is 453 g/mol. The Kier molecular flexibility index (Phi) is 8.63. The highest BCUT2D eigenvalue weighted by Crippen LogP contribution is 2.09. The summed E-state index contributed by atoms with van der Waals surface area (Å²) in [6.45, 7) is 1.93. The number of nitrogens with zero attached hydrogens (tertiary/aromatic N) is 1. The molecule has 0 bridgehead atoms. The summed E-state index contributed by atoms with van der Waals surface area (Å²) in [6, 6.07) is 27.4. The molecule has 4 aromatic rings. The van der Waals surface area contributed by atoms with Crippen LogP contribution in [-0.2, 0) is 16.0 Å². The fourth-order valence-corrected chi connectivity index (χ4v) is 3.30. The zero-order chi connectivity index (χ0) is 24.3. The molecule has 2 amide bonds. The summed E-state index contributed by atoms with van der Waals surface area (Å²) in [5, 5.41) is 6.18. The molecule has 0 unspecified atom stereocenters. The van der Waals surface area contributed by atoms with Gasteiger partial charge < -0.3 is 10.6 Å². The summed E-state index contributed by atoms with van der Waals surface area (Å²) in [6.07, 6.45) is 2.06. The Morgan fingerprint density at radius 1 is 0.824 bits per heavy atom. The number of aryl methyl sites for hydroxylation is 1. The van der Waals surface area contributed by atoms with Gasteiger partial charge >= 0.3 is 0 Å². The van der Waals surface area contributed by atoms with E-state index in [0.717, 1.165) is 16.6 Å². The lowest BCUT2D eigenvalue weighted by molar-refractivity contribution is -0.138. The molecule has 1 aromatic heterocycles. The summed E-state index contributed by atoms with van der Waals surface area (Å²) < 4.78 is 0. The second kappa shape index (κ2) is 12.1. The number of pyridine rings is 1. The number of carbonyl (C=O) groups is 3. The van der Waals surface area contributed by atoms with E-state index in [-0.39, 0.29) is 12.3 Å². The van der Waals surface area contributed by atoms with Crippen LogP contribution in [0.15, 0.2) is 97.2 Å². The smallest absolute Gasteiger partial charge is 0.289 e. The Morgan fingerprint density at radius 2 is 1.47 bits per heavy atom. The van der Waals surface area contributed by atoms with Crippen LogP contribution in [0.3, 0.4) is 0 Å². The molecule has 1 atom stereocenters. The van der Waals surface area contributed by atoms with Crippen LogP contribution in [0.2, 0.25) is 0 Å². The molecule has 0 saturated heterocycles. The van der Waals surface area contributed by atoms with Gasteiger partial charge in [-0.25, -0.2) is 0 Å². The van der Waals surface area contributed by atoms with E-state index in [9.17, 15) is 14.4 Å². The van der Waals surface area contributed by atoms with Gasteiger partial charge in [0.1, 0.15) is 6.04 Å². The first-order chi connectivity index (χ1) is 16.5. The second-order valence-electron chi connectivity index (χ2n) is 7.72. The van der Waals surface area contributed by atoms with Crippen molar-refractivity contribution in [1.29, 1.82) is 0 Å². The van der Waals surface area contributed by atoms with Crippen molar-refractivity contribution in [3.8, 4) is 0 Å². The maximum absolute atomic E-state index is 12.4. The van der Waals surface area contributed by atoms with Crippen LogP contribution in [0.25, 0.3) is 10.9 Å². The molecule has 0 fully saturated rings. The van der Waals surface area contributed by atoms with E-state index < -0.39 is 17.7 Å². The molecule has 0 radical (unpaired) electrons. The minimum atomic E-state index is -0.916. The number of benzene rings is 3. The lowest BCUT2D eigenvalue weighted by atomic mass is 10.0. The number of aromatic nitrogens is 1. The Labute approximate surface area is 199 Å². The molecule has 0 aliphatic heterocycles. The molecule has 1 heterocycles. The molecular formula is C28H27N3O3. The van der Waals surface area contributed by atoms with E-state index >= 15 is 0 Å². The molecule has 172 valence electrons. The zero-order valence-electron chi connectivity index (χ0n) is 19.2. The minimum absolute atomic E-state index is 0.255. The Hall–Kier alpha value is -4.32. The van der Waals surface area contributed by atoms with Crippen molar-refractivity contribution >= 4 is 28.5 Å². The Bertz CT molecular complexity index is 1190. The summed E-state index contributed by atoms with van der Waals surface area (Å²) >= 11 is 0. The molecule has 0 aliphatic carbocycles. The molecule has 0 aliphatic rings. The fourth-order valence-electron chi connectivity index (χ4n) is 3.30. The first kappa shape index (κ1) is 24.3. The third kappa shape index (κ3) is 6.84. The lowest BCUT2D eigenvalue weighted by Gasteiger charge is -2.17. The number of Topliss-reactive ketones (excluding diaryl/α,β-unsaturated/α-hetero) is 1. The number of para-hydroxylation sites is 1.